The molecule has 0 atom stereocenters. The van der Waals surface area contributed by atoms with Gasteiger partial charge in [0.05, 0.1) is 0 Å². The van der Waals surface area contributed by atoms with E-state index in [0.717, 1.165) is 22.1 Å². The van der Waals surface area contributed by atoms with E-state index in [1.165, 1.54) is 12.8 Å². The summed E-state index contributed by atoms with van der Waals surface area (Å²) in [5.41, 5.74) is 2.12. The lowest BCUT2D eigenvalue weighted by molar-refractivity contribution is 0.0945. The third-order valence-electron chi connectivity index (χ3n) is 3.29. The molecule has 0 unspecified atom stereocenters. The van der Waals surface area contributed by atoms with Gasteiger partial charge in [0.2, 0.25) is 0 Å². The molecule has 1 fully saturated rings. The van der Waals surface area contributed by atoms with Gasteiger partial charge < -0.3 is 5.32 Å². The minimum atomic E-state index is 0.0342. The first-order chi connectivity index (χ1) is 7.52. The zero-order valence-electron chi connectivity index (χ0n) is 9.64. The highest BCUT2D eigenvalue weighted by Gasteiger charge is 2.37. The Morgan fingerprint density at radius 2 is 2.19 bits per heavy atom. The molecule has 1 aliphatic rings. The number of nitrogens with one attached hydrogen (secondary N) is 1. The van der Waals surface area contributed by atoms with Crippen molar-refractivity contribution < 1.29 is 4.79 Å². The van der Waals surface area contributed by atoms with E-state index in [0.29, 0.717) is 5.41 Å². The van der Waals surface area contributed by atoms with Crippen LogP contribution in [0.5, 0.6) is 0 Å². The van der Waals surface area contributed by atoms with E-state index >= 15 is 0 Å². The van der Waals surface area contributed by atoms with E-state index in [9.17, 15) is 4.79 Å². The Morgan fingerprint density at radius 1 is 1.50 bits per heavy atom. The molecule has 0 aliphatic heterocycles. The van der Waals surface area contributed by atoms with E-state index < -0.39 is 0 Å². The van der Waals surface area contributed by atoms with Crippen molar-refractivity contribution in [3.8, 4) is 0 Å². The maximum Gasteiger partial charge on any atom is 0.251 e. The normalized spacial score (nSPS) is 16.9. The van der Waals surface area contributed by atoms with Crippen LogP contribution in [0, 0.1) is 12.3 Å². The van der Waals surface area contributed by atoms with Gasteiger partial charge in [-0.05, 0) is 42.9 Å². The predicted molar refractivity (Wildman–Crippen MR) is 68.6 cm³/mol. The van der Waals surface area contributed by atoms with Crippen LogP contribution in [0.25, 0.3) is 0 Å². The van der Waals surface area contributed by atoms with Gasteiger partial charge in [0.25, 0.3) is 5.91 Å². The number of carbonyl (C=O) groups excluding carboxylic acids is 1. The molecule has 0 radical (unpaired) electrons. The van der Waals surface area contributed by atoms with Gasteiger partial charge in [-0.25, -0.2) is 0 Å². The number of halogens is 1. The summed E-state index contributed by atoms with van der Waals surface area (Å²) in [6.07, 6.45) is 2.45. The van der Waals surface area contributed by atoms with E-state index in [1.807, 2.05) is 25.1 Å². The molecule has 86 valence electrons. The fraction of sp³-hybridized carbons (Fsp3) is 0.462. The summed E-state index contributed by atoms with van der Waals surface area (Å²) in [5, 5.41) is 3.01. The molecule has 0 aromatic heterocycles. The largest absolute Gasteiger partial charge is 0.351 e. The third-order valence-corrected chi connectivity index (χ3v) is 4.15. The first-order valence-corrected chi connectivity index (χ1v) is 6.34. The maximum atomic E-state index is 12.0. The molecular formula is C13H16BrNO. The van der Waals surface area contributed by atoms with Crippen LogP contribution in [0.4, 0.5) is 0 Å². The standard InChI is InChI=1S/C13H16BrNO/c1-9-10(4-3-5-11(9)14)12(16)15-8-13(2)6-7-13/h3-5H,6-8H2,1-2H3,(H,15,16). The molecule has 3 heteroatoms. The maximum absolute atomic E-state index is 12.0. The van der Waals surface area contributed by atoms with Crippen molar-refractivity contribution >= 4 is 21.8 Å². The second kappa shape index (κ2) is 4.21. The number of amides is 1. The lowest BCUT2D eigenvalue weighted by atomic mass is 10.1. The summed E-state index contributed by atoms with van der Waals surface area (Å²) in [4.78, 5) is 12.0. The zero-order valence-corrected chi connectivity index (χ0v) is 11.2. The minimum Gasteiger partial charge on any atom is -0.351 e. The lowest BCUT2D eigenvalue weighted by Gasteiger charge is -2.12. The smallest absolute Gasteiger partial charge is 0.251 e. The molecule has 1 saturated carbocycles. The number of benzene rings is 1. The van der Waals surface area contributed by atoms with Gasteiger partial charge in [-0.2, -0.15) is 0 Å². The molecule has 0 spiro atoms. The van der Waals surface area contributed by atoms with Crippen molar-refractivity contribution in [3.05, 3.63) is 33.8 Å². The van der Waals surface area contributed by atoms with Crippen LogP contribution >= 0.6 is 15.9 Å². The van der Waals surface area contributed by atoms with Crippen LogP contribution in [-0.2, 0) is 0 Å². The van der Waals surface area contributed by atoms with E-state index in [-0.39, 0.29) is 5.91 Å². The Kier molecular flexibility index (Phi) is 3.06. The SMILES string of the molecule is Cc1c(Br)cccc1C(=O)NCC1(C)CC1. The molecule has 1 aliphatic carbocycles. The molecule has 0 heterocycles. The van der Waals surface area contributed by atoms with Crippen molar-refractivity contribution in [3.63, 3.8) is 0 Å². The van der Waals surface area contributed by atoms with Crippen LogP contribution in [0.2, 0.25) is 0 Å². The monoisotopic (exact) mass is 281 g/mol. The highest BCUT2D eigenvalue weighted by Crippen LogP contribution is 2.44. The molecular weight excluding hydrogens is 266 g/mol. The highest BCUT2D eigenvalue weighted by atomic mass is 79.9. The second-order valence-electron chi connectivity index (χ2n) is 4.91. The van der Waals surface area contributed by atoms with Crippen molar-refractivity contribution in [2.75, 3.05) is 6.54 Å². The second-order valence-corrected chi connectivity index (χ2v) is 5.76. The van der Waals surface area contributed by atoms with Gasteiger partial charge in [0.15, 0.2) is 0 Å². The van der Waals surface area contributed by atoms with Crippen molar-refractivity contribution in [1.29, 1.82) is 0 Å². The fourth-order valence-electron chi connectivity index (χ4n) is 1.63. The van der Waals surface area contributed by atoms with Gasteiger partial charge in [0, 0.05) is 16.6 Å². The first-order valence-electron chi connectivity index (χ1n) is 5.55. The lowest BCUT2D eigenvalue weighted by Crippen LogP contribution is -2.29. The fourth-order valence-corrected chi connectivity index (χ4v) is 2.00. The van der Waals surface area contributed by atoms with Crippen molar-refractivity contribution in [1.82, 2.24) is 5.32 Å². The van der Waals surface area contributed by atoms with E-state index in [4.69, 9.17) is 0 Å². The Labute approximate surface area is 105 Å². The van der Waals surface area contributed by atoms with Crippen molar-refractivity contribution in [2.24, 2.45) is 5.41 Å². The summed E-state index contributed by atoms with van der Waals surface area (Å²) in [6.45, 7) is 4.96. The van der Waals surface area contributed by atoms with Crippen LogP contribution in [-0.4, -0.2) is 12.5 Å². The topological polar surface area (TPSA) is 29.1 Å². The Hall–Kier alpha value is -0.830. The quantitative estimate of drug-likeness (QED) is 0.905. The van der Waals surface area contributed by atoms with Crippen LogP contribution in [0.3, 0.4) is 0 Å². The van der Waals surface area contributed by atoms with Gasteiger partial charge in [0.1, 0.15) is 0 Å². The predicted octanol–water partition coefficient (Wildman–Crippen LogP) is 3.29. The van der Waals surface area contributed by atoms with Crippen molar-refractivity contribution in [2.45, 2.75) is 26.7 Å². The number of rotatable bonds is 3. The van der Waals surface area contributed by atoms with Gasteiger partial charge >= 0.3 is 0 Å². The van der Waals surface area contributed by atoms with Gasteiger partial charge in [-0.15, -0.1) is 0 Å². The van der Waals surface area contributed by atoms with Crippen LogP contribution in [0.15, 0.2) is 22.7 Å². The third kappa shape index (κ3) is 2.46. The van der Waals surface area contributed by atoms with Gasteiger partial charge in [-0.3, -0.25) is 4.79 Å². The molecule has 1 N–H and O–H groups in total. The molecule has 1 amide bonds. The average Bonchev–Trinajstić information content (AvgIpc) is 2.98. The first kappa shape index (κ1) is 11.6. The Morgan fingerprint density at radius 3 is 2.81 bits per heavy atom. The Balaban J connectivity index is 2.05. The van der Waals surface area contributed by atoms with Crippen LogP contribution in [0.1, 0.15) is 35.7 Å². The summed E-state index contributed by atoms with van der Waals surface area (Å²) in [6, 6.07) is 5.71. The average molecular weight is 282 g/mol. The molecule has 16 heavy (non-hydrogen) atoms. The molecule has 0 bridgehead atoms. The highest BCUT2D eigenvalue weighted by molar-refractivity contribution is 9.10. The zero-order chi connectivity index (χ0) is 11.8. The molecule has 1 aromatic carbocycles. The number of carbonyl (C=O) groups is 1. The number of hydrogen-bond donors (Lipinski definition) is 1. The summed E-state index contributed by atoms with van der Waals surface area (Å²) < 4.78 is 0.984. The van der Waals surface area contributed by atoms with Crippen LogP contribution < -0.4 is 5.32 Å². The molecule has 1 aromatic rings. The summed E-state index contributed by atoms with van der Waals surface area (Å²) >= 11 is 3.44. The minimum absolute atomic E-state index is 0.0342. The van der Waals surface area contributed by atoms with Gasteiger partial charge in [-0.1, -0.05) is 28.9 Å². The summed E-state index contributed by atoms with van der Waals surface area (Å²) in [5.74, 6) is 0.0342. The Bertz CT molecular complexity index is 424. The number of hydrogen-bond acceptors (Lipinski definition) is 1. The summed E-state index contributed by atoms with van der Waals surface area (Å²) in [7, 11) is 0. The molecule has 2 nitrogen and oxygen atoms in total. The molecule has 0 saturated heterocycles. The van der Waals surface area contributed by atoms with E-state index in [1.54, 1.807) is 0 Å². The molecule has 2 rings (SSSR count). The van der Waals surface area contributed by atoms with E-state index in [2.05, 4.69) is 28.2 Å².